The number of nitrogen functional groups attached to an aromatic ring is 1. The lowest BCUT2D eigenvalue weighted by Crippen LogP contribution is -2.22. The molecule has 0 fully saturated rings. The number of hydrogen-bond acceptors (Lipinski definition) is 7. The Labute approximate surface area is 169 Å². The SMILES string of the molecule is COCC/C(SC(=O)c1ccccc1)=C(\C)N(C=O)Cc1cnc(C)nc1N. The third-order valence-electron chi connectivity index (χ3n) is 4.08. The first-order valence-corrected chi connectivity index (χ1v) is 9.53. The summed E-state index contributed by atoms with van der Waals surface area (Å²) in [6, 6.07) is 9.02. The van der Waals surface area contributed by atoms with Crippen LogP contribution in [0.15, 0.2) is 47.1 Å². The van der Waals surface area contributed by atoms with Crippen molar-refractivity contribution in [1.29, 1.82) is 0 Å². The van der Waals surface area contributed by atoms with Gasteiger partial charge in [-0.2, -0.15) is 0 Å². The Morgan fingerprint density at radius 1 is 1.32 bits per heavy atom. The molecule has 148 valence electrons. The number of methoxy groups -OCH3 is 1. The second-order valence-electron chi connectivity index (χ2n) is 6.07. The molecule has 1 aromatic carbocycles. The normalized spacial score (nSPS) is 11.7. The van der Waals surface area contributed by atoms with E-state index in [9.17, 15) is 9.59 Å². The van der Waals surface area contributed by atoms with Gasteiger partial charge in [0.05, 0.1) is 13.2 Å². The minimum Gasteiger partial charge on any atom is -0.384 e. The lowest BCUT2D eigenvalue weighted by molar-refractivity contribution is -0.116. The van der Waals surface area contributed by atoms with Gasteiger partial charge >= 0.3 is 0 Å². The number of anilines is 1. The third-order valence-corrected chi connectivity index (χ3v) is 5.25. The number of aromatic nitrogens is 2. The topological polar surface area (TPSA) is 98.4 Å². The molecule has 0 saturated carbocycles. The molecule has 8 heteroatoms. The van der Waals surface area contributed by atoms with E-state index in [-0.39, 0.29) is 11.7 Å². The number of carbonyl (C=O) groups excluding carboxylic acids is 2. The average molecular weight is 401 g/mol. The van der Waals surface area contributed by atoms with E-state index in [0.717, 1.165) is 23.1 Å². The predicted molar refractivity (Wildman–Crippen MR) is 110 cm³/mol. The summed E-state index contributed by atoms with van der Waals surface area (Å²) in [5.74, 6) is 0.898. The number of hydrogen-bond donors (Lipinski definition) is 1. The highest BCUT2D eigenvalue weighted by Crippen LogP contribution is 2.29. The molecule has 2 aromatic rings. The highest BCUT2D eigenvalue weighted by atomic mass is 32.2. The van der Waals surface area contributed by atoms with Crippen LogP contribution in [0, 0.1) is 6.92 Å². The first-order valence-electron chi connectivity index (χ1n) is 8.72. The van der Waals surface area contributed by atoms with Gasteiger partial charge in [-0.1, -0.05) is 30.3 Å². The number of aryl methyl sites for hydroxylation is 1. The summed E-state index contributed by atoms with van der Waals surface area (Å²) >= 11 is 1.10. The summed E-state index contributed by atoms with van der Waals surface area (Å²) in [7, 11) is 1.60. The van der Waals surface area contributed by atoms with Gasteiger partial charge in [0.15, 0.2) is 0 Å². The lowest BCUT2D eigenvalue weighted by atomic mass is 10.2. The Bertz CT molecular complexity index is 856. The summed E-state index contributed by atoms with van der Waals surface area (Å²) < 4.78 is 5.17. The number of nitrogens with zero attached hydrogens (tertiary/aromatic N) is 3. The van der Waals surface area contributed by atoms with Crippen molar-refractivity contribution in [1.82, 2.24) is 14.9 Å². The van der Waals surface area contributed by atoms with Gasteiger partial charge in [-0.05, 0) is 25.6 Å². The van der Waals surface area contributed by atoms with E-state index < -0.39 is 0 Å². The van der Waals surface area contributed by atoms with E-state index in [1.807, 2.05) is 18.2 Å². The van der Waals surface area contributed by atoms with Gasteiger partial charge in [-0.15, -0.1) is 0 Å². The van der Waals surface area contributed by atoms with Crippen LogP contribution in [0.3, 0.4) is 0 Å². The number of rotatable bonds is 9. The summed E-state index contributed by atoms with van der Waals surface area (Å²) in [5.41, 5.74) is 7.86. The van der Waals surface area contributed by atoms with Crippen LogP contribution in [-0.2, 0) is 16.1 Å². The Morgan fingerprint density at radius 3 is 2.64 bits per heavy atom. The van der Waals surface area contributed by atoms with Crippen molar-refractivity contribution in [3.8, 4) is 0 Å². The highest BCUT2D eigenvalue weighted by molar-refractivity contribution is 8.17. The molecule has 28 heavy (non-hydrogen) atoms. The first-order chi connectivity index (χ1) is 13.5. The fourth-order valence-electron chi connectivity index (χ4n) is 2.46. The second kappa shape index (κ2) is 10.6. The van der Waals surface area contributed by atoms with Crippen LogP contribution < -0.4 is 5.73 Å². The van der Waals surface area contributed by atoms with E-state index in [1.54, 1.807) is 39.3 Å². The molecule has 0 bridgehead atoms. The van der Waals surface area contributed by atoms with Gasteiger partial charge in [0.1, 0.15) is 11.6 Å². The minimum absolute atomic E-state index is 0.0879. The molecule has 0 aliphatic carbocycles. The van der Waals surface area contributed by atoms with E-state index in [4.69, 9.17) is 10.5 Å². The van der Waals surface area contributed by atoms with Crippen LogP contribution in [0.2, 0.25) is 0 Å². The van der Waals surface area contributed by atoms with Crippen molar-refractivity contribution >= 4 is 29.1 Å². The zero-order valence-corrected chi connectivity index (χ0v) is 17.0. The maximum Gasteiger partial charge on any atom is 0.223 e. The first kappa shape index (κ1) is 21.6. The van der Waals surface area contributed by atoms with Crippen molar-refractivity contribution in [2.24, 2.45) is 0 Å². The predicted octanol–water partition coefficient (Wildman–Crippen LogP) is 3.17. The van der Waals surface area contributed by atoms with E-state index in [2.05, 4.69) is 9.97 Å². The van der Waals surface area contributed by atoms with Crippen molar-refractivity contribution in [3.63, 3.8) is 0 Å². The monoisotopic (exact) mass is 400 g/mol. The quantitative estimate of drug-likeness (QED) is 0.646. The maximum atomic E-state index is 12.6. The Hall–Kier alpha value is -2.71. The van der Waals surface area contributed by atoms with Gasteiger partial charge in [0.2, 0.25) is 11.5 Å². The number of ether oxygens (including phenoxy) is 1. The molecule has 0 radical (unpaired) electrons. The molecule has 0 saturated heterocycles. The molecule has 7 nitrogen and oxygen atoms in total. The Morgan fingerprint density at radius 2 is 2.04 bits per heavy atom. The summed E-state index contributed by atoms with van der Waals surface area (Å²) in [6.45, 7) is 4.20. The summed E-state index contributed by atoms with van der Waals surface area (Å²) in [6.07, 6.45) is 2.84. The minimum atomic E-state index is -0.0879. The molecule has 2 N–H and O–H groups in total. The molecule has 0 spiro atoms. The zero-order valence-electron chi connectivity index (χ0n) is 16.2. The van der Waals surface area contributed by atoms with Crippen LogP contribution in [0.4, 0.5) is 5.82 Å². The molecule has 0 aliphatic heterocycles. The smallest absolute Gasteiger partial charge is 0.223 e. The van der Waals surface area contributed by atoms with Crippen LogP contribution in [0.1, 0.15) is 35.1 Å². The molecule has 2 rings (SSSR count). The number of allylic oxidation sites excluding steroid dienone is 1. The highest BCUT2D eigenvalue weighted by Gasteiger charge is 2.17. The molecule has 1 aromatic heterocycles. The van der Waals surface area contributed by atoms with Crippen LogP contribution in [0.25, 0.3) is 0 Å². The largest absolute Gasteiger partial charge is 0.384 e. The van der Waals surface area contributed by atoms with Crippen molar-refractivity contribution in [3.05, 3.63) is 64.1 Å². The Kier molecular flexibility index (Phi) is 8.16. The van der Waals surface area contributed by atoms with E-state index in [1.165, 1.54) is 4.90 Å². The Balaban J connectivity index is 2.27. The van der Waals surface area contributed by atoms with Gasteiger partial charge in [0.25, 0.3) is 0 Å². The molecule has 0 unspecified atom stereocenters. The third kappa shape index (κ3) is 5.90. The average Bonchev–Trinajstić information content (AvgIpc) is 2.70. The van der Waals surface area contributed by atoms with Crippen LogP contribution in [0.5, 0.6) is 0 Å². The molecule has 0 atom stereocenters. The molecule has 0 aliphatic rings. The van der Waals surface area contributed by atoms with Gasteiger partial charge < -0.3 is 15.4 Å². The molecular weight excluding hydrogens is 376 g/mol. The van der Waals surface area contributed by atoms with Gasteiger partial charge in [0, 0.05) is 41.5 Å². The maximum absolute atomic E-state index is 12.6. The molecular formula is C20H24N4O3S. The number of carbonyl (C=O) groups is 2. The van der Waals surface area contributed by atoms with Crippen molar-refractivity contribution < 1.29 is 14.3 Å². The standard InChI is InChI=1S/C20H24N4O3S/c1-14(24(13-25)12-17-11-22-15(2)23-19(17)21)18(9-10-27-3)28-20(26)16-7-5-4-6-8-16/h4-8,11,13H,9-10,12H2,1-3H3,(H2,21,22,23)/b18-14-. The fraction of sp³-hybridized carbons (Fsp3) is 0.300. The lowest BCUT2D eigenvalue weighted by Gasteiger charge is -2.22. The molecule has 1 heterocycles. The van der Waals surface area contributed by atoms with Crippen LogP contribution >= 0.6 is 11.8 Å². The van der Waals surface area contributed by atoms with Gasteiger partial charge in [-0.3, -0.25) is 9.59 Å². The van der Waals surface area contributed by atoms with Crippen molar-refractivity contribution in [2.75, 3.05) is 19.5 Å². The summed E-state index contributed by atoms with van der Waals surface area (Å²) in [4.78, 5) is 34.9. The van der Waals surface area contributed by atoms with Crippen LogP contribution in [-0.4, -0.2) is 40.1 Å². The summed E-state index contributed by atoms with van der Waals surface area (Å²) in [5, 5.41) is -0.0879. The van der Waals surface area contributed by atoms with Gasteiger partial charge in [-0.25, -0.2) is 9.97 Å². The van der Waals surface area contributed by atoms with Crippen molar-refractivity contribution in [2.45, 2.75) is 26.8 Å². The number of amides is 1. The molecule has 1 amide bonds. The number of thioether (sulfide) groups is 1. The number of benzene rings is 1. The second-order valence-corrected chi connectivity index (χ2v) is 7.14. The zero-order chi connectivity index (χ0) is 20.5. The number of nitrogens with two attached hydrogens (primary N) is 1. The van der Waals surface area contributed by atoms with E-state index in [0.29, 0.717) is 41.5 Å². The fourth-order valence-corrected chi connectivity index (χ4v) is 3.39. The van der Waals surface area contributed by atoms with E-state index >= 15 is 0 Å².